The Morgan fingerprint density at radius 2 is 1.72 bits per heavy atom. The molecule has 0 spiro atoms. The van der Waals surface area contributed by atoms with E-state index >= 15 is 0 Å². The van der Waals surface area contributed by atoms with Gasteiger partial charge < -0.3 is 10.2 Å². The molecule has 0 amide bonds. The Morgan fingerprint density at radius 1 is 1.11 bits per heavy atom. The molecule has 100 valence electrons. The maximum absolute atomic E-state index is 3.67. The molecule has 1 saturated carbocycles. The van der Waals surface area contributed by atoms with Crippen LogP contribution in [0.25, 0.3) is 0 Å². The summed E-state index contributed by atoms with van der Waals surface area (Å²) >= 11 is 0. The van der Waals surface area contributed by atoms with Crippen LogP contribution in [0, 0.1) is 5.92 Å². The molecule has 2 nitrogen and oxygen atoms in total. The van der Waals surface area contributed by atoms with E-state index in [1.807, 2.05) is 0 Å². The minimum atomic E-state index is 0.671. The lowest BCUT2D eigenvalue weighted by Gasteiger charge is -2.22. The number of hydrogen-bond acceptors (Lipinski definition) is 2. The Morgan fingerprint density at radius 3 is 2.17 bits per heavy atom. The zero-order chi connectivity index (χ0) is 13.0. The summed E-state index contributed by atoms with van der Waals surface area (Å²) in [5.41, 5.74) is 2.59. The fraction of sp³-hybridized carbons (Fsp3) is 0.625. The van der Waals surface area contributed by atoms with Gasteiger partial charge in [0.1, 0.15) is 0 Å². The van der Waals surface area contributed by atoms with Crippen LogP contribution in [0.2, 0.25) is 0 Å². The second kappa shape index (κ2) is 6.12. The maximum atomic E-state index is 3.67. The summed E-state index contributed by atoms with van der Waals surface area (Å²) in [6.07, 6.45) is 4.04. The normalized spacial score (nSPS) is 16.4. The molecular weight excluding hydrogens is 220 g/mol. The third-order valence-electron chi connectivity index (χ3n) is 3.98. The summed E-state index contributed by atoms with van der Waals surface area (Å²) in [5, 5.41) is 3.67. The molecule has 1 aromatic rings. The van der Waals surface area contributed by atoms with Crippen LogP contribution in [-0.2, 0) is 0 Å². The van der Waals surface area contributed by atoms with E-state index in [1.54, 1.807) is 0 Å². The zero-order valence-electron chi connectivity index (χ0n) is 11.9. The van der Waals surface area contributed by atoms with Gasteiger partial charge in [0.15, 0.2) is 0 Å². The number of rotatable bonds is 7. The first-order valence-electron chi connectivity index (χ1n) is 7.40. The Kier molecular flexibility index (Phi) is 4.51. The van der Waals surface area contributed by atoms with Crippen LogP contribution >= 0.6 is 0 Å². The average molecular weight is 246 g/mol. The van der Waals surface area contributed by atoms with Gasteiger partial charge in [0, 0.05) is 30.5 Å². The second-order valence-corrected chi connectivity index (χ2v) is 5.22. The van der Waals surface area contributed by atoms with E-state index in [-0.39, 0.29) is 0 Å². The van der Waals surface area contributed by atoms with Crippen molar-refractivity contribution in [2.24, 2.45) is 5.92 Å². The smallest absolute Gasteiger partial charge is 0.0367 e. The van der Waals surface area contributed by atoms with Crippen molar-refractivity contribution in [3.05, 3.63) is 24.3 Å². The van der Waals surface area contributed by atoms with Gasteiger partial charge in [-0.05, 0) is 63.3 Å². The lowest BCUT2D eigenvalue weighted by atomic mass is 10.1. The molecule has 18 heavy (non-hydrogen) atoms. The van der Waals surface area contributed by atoms with Crippen LogP contribution in [0.1, 0.15) is 40.0 Å². The minimum absolute atomic E-state index is 0.671. The van der Waals surface area contributed by atoms with Gasteiger partial charge in [-0.3, -0.25) is 0 Å². The maximum Gasteiger partial charge on any atom is 0.0367 e. The van der Waals surface area contributed by atoms with E-state index in [0.29, 0.717) is 6.04 Å². The number of benzene rings is 1. The third kappa shape index (κ3) is 3.18. The standard InChI is InChI=1S/C16H26N2/c1-4-16(13-7-8-13)17-14-9-11-15(12-10-14)18(5-2)6-3/h9-13,16-17H,4-8H2,1-3H3. The van der Waals surface area contributed by atoms with Crippen LogP contribution in [0.4, 0.5) is 11.4 Å². The highest BCUT2D eigenvalue weighted by Gasteiger charge is 2.29. The van der Waals surface area contributed by atoms with Crippen molar-refractivity contribution in [1.29, 1.82) is 0 Å². The van der Waals surface area contributed by atoms with Gasteiger partial charge in [-0.25, -0.2) is 0 Å². The topological polar surface area (TPSA) is 15.3 Å². The fourth-order valence-corrected chi connectivity index (χ4v) is 2.62. The molecule has 0 aromatic heterocycles. The van der Waals surface area contributed by atoms with Crippen LogP contribution in [0.3, 0.4) is 0 Å². The molecule has 1 fully saturated rings. The molecule has 0 radical (unpaired) electrons. The highest BCUT2D eigenvalue weighted by Crippen LogP contribution is 2.35. The van der Waals surface area contributed by atoms with Crippen molar-refractivity contribution in [1.82, 2.24) is 0 Å². The first-order chi connectivity index (χ1) is 8.78. The molecular formula is C16H26N2. The fourth-order valence-electron chi connectivity index (χ4n) is 2.62. The molecule has 1 N–H and O–H groups in total. The monoisotopic (exact) mass is 246 g/mol. The molecule has 0 saturated heterocycles. The molecule has 2 rings (SSSR count). The van der Waals surface area contributed by atoms with Crippen molar-refractivity contribution in [3.8, 4) is 0 Å². The molecule has 2 heteroatoms. The lowest BCUT2D eigenvalue weighted by molar-refractivity contribution is 0.616. The first-order valence-corrected chi connectivity index (χ1v) is 7.40. The quantitative estimate of drug-likeness (QED) is 0.778. The van der Waals surface area contributed by atoms with E-state index in [2.05, 4.69) is 55.3 Å². The van der Waals surface area contributed by atoms with Crippen molar-refractivity contribution < 1.29 is 0 Å². The van der Waals surface area contributed by atoms with Gasteiger partial charge >= 0.3 is 0 Å². The van der Waals surface area contributed by atoms with Gasteiger partial charge in [0.05, 0.1) is 0 Å². The van der Waals surface area contributed by atoms with Crippen molar-refractivity contribution in [3.63, 3.8) is 0 Å². The van der Waals surface area contributed by atoms with Gasteiger partial charge in [-0.15, -0.1) is 0 Å². The molecule has 0 bridgehead atoms. The largest absolute Gasteiger partial charge is 0.382 e. The Hall–Kier alpha value is -1.18. The minimum Gasteiger partial charge on any atom is -0.382 e. The molecule has 1 unspecified atom stereocenters. The SMILES string of the molecule is CCC(Nc1ccc(N(CC)CC)cc1)C1CC1. The summed E-state index contributed by atoms with van der Waals surface area (Å²) < 4.78 is 0. The average Bonchev–Trinajstić information content (AvgIpc) is 3.23. The summed E-state index contributed by atoms with van der Waals surface area (Å²) in [6, 6.07) is 9.57. The number of nitrogens with zero attached hydrogens (tertiary/aromatic N) is 1. The summed E-state index contributed by atoms with van der Waals surface area (Å²) in [4.78, 5) is 2.38. The van der Waals surface area contributed by atoms with Gasteiger partial charge in [-0.2, -0.15) is 0 Å². The van der Waals surface area contributed by atoms with Crippen LogP contribution in [-0.4, -0.2) is 19.1 Å². The predicted octanol–water partition coefficient (Wildman–Crippen LogP) is 4.13. The van der Waals surface area contributed by atoms with E-state index < -0.39 is 0 Å². The molecule has 0 heterocycles. The van der Waals surface area contributed by atoms with Gasteiger partial charge in [-0.1, -0.05) is 6.92 Å². The van der Waals surface area contributed by atoms with Crippen LogP contribution in [0.5, 0.6) is 0 Å². The van der Waals surface area contributed by atoms with Crippen molar-refractivity contribution in [2.45, 2.75) is 46.1 Å². The Bertz CT molecular complexity index is 350. The van der Waals surface area contributed by atoms with Crippen molar-refractivity contribution >= 4 is 11.4 Å². The van der Waals surface area contributed by atoms with Gasteiger partial charge in [0.2, 0.25) is 0 Å². The highest BCUT2D eigenvalue weighted by molar-refractivity contribution is 5.55. The van der Waals surface area contributed by atoms with E-state index in [1.165, 1.54) is 30.6 Å². The lowest BCUT2D eigenvalue weighted by Crippen LogP contribution is -2.22. The number of nitrogens with one attached hydrogen (secondary N) is 1. The Labute approximate surface area is 111 Å². The van der Waals surface area contributed by atoms with Crippen LogP contribution < -0.4 is 10.2 Å². The second-order valence-electron chi connectivity index (χ2n) is 5.22. The van der Waals surface area contributed by atoms with E-state index in [4.69, 9.17) is 0 Å². The van der Waals surface area contributed by atoms with Crippen LogP contribution in [0.15, 0.2) is 24.3 Å². The molecule has 1 aliphatic carbocycles. The molecule has 0 aliphatic heterocycles. The van der Waals surface area contributed by atoms with Crippen molar-refractivity contribution in [2.75, 3.05) is 23.3 Å². The highest BCUT2D eigenvalue weighted by atomic mass is 15.1. The Balaban J connectivity index is 1.98. The van der Waals surface area contributed by atoms with E-state index in [9.17, 15) is 0 Å². The predicted molar refractivity (Wildman–Crippen MR) is 80.4 cm³/mol. The molecule has 1 atom stereocenters. The third-order valence-corrected chi connectivity index (χ3v) is 3.98. The summed E-state index contributed by atoms with van der Waals surface area (Å²) in [5.74, 6) is 0.914. The number of anilines is 2. The summed E-state index contributed by atoms with van der Waals surface area (Å²) in [6.45, 7) is 8.83. The van der Waals surface area contributed by atoms with E-state index in [0.717, 1.165) is 19.0 Å². The first kappa shape index (κ1) is 13.3. The summed E-state index contributed by atoms with van der Waals surface area (Å²) in [7, 11) is 0. The zero-order valence-corrected chi connectivity index (χ0v) is 11.9. The van der Waals surface area contributed by atoms with Gasteiger partial charge in [0.25, 0.3) is 0 Å². The molecule has 1 aliphatic rings. The molecule has 1 aromatic carbocycles. The number of hydrogen-bond donors (Lipinski definition) is 1.